The highest BCUT2D eigenvalue weighted by Crippen LogP contribution is 2.41. The van der Waals surface area contributed by atoms with Gasteiger partial charge in [0.2, 0.25) is 10.0 Å². The van der Waals surface area contributed by atoms with Gasteiger partial charge in [-0.1, -0.05) is 6.92 Å². The predicted molar refractivity (Wildman–Crippen MR) is 94.7 cm³/mol. The molecule has 0 saturated carbocycles. The predicted octanol–water partition coefficient (Wildman–Crippen LogP) is 0.961. The lowest BCUT2D eigenvalue weighted by Crippen LogP contribution is -2.43. The Bertz CT molecular complexity index is 997. The van der Waals surface area contributed by atoms with Crippen LogP contribution in [0.5, 0.6) is 5.75 Å². The maximum atomic E-state index is 13.0. The van der Waals surface area contributed by atoms with Gasteiger partial charge in [-0.3, -0.25) is 4.31 Å². The van der Waals surface area contributed by atoms with Gasteiger partial charge in [0.05, 0.1) is 18.3 Å². The number of hydrogen-bond donors (Lipinski definition) is 3. The van der Waals surface area contributed by atoms with Gasteiger partial charge < -0.3 is 10.4 Å². The Kier molecular flexibility index (Phi) is 4.54. The third kappa shape index (κ3) is 3.25. The first kappa shape index (κ1) is 18.1. The largest absolute Gasteiger partial charge is 0.508 e. The fourth-order valence-corrected chi connectivity index (χ4v) is 6.95. The summed E-state index contributed by atoms with van der Waals surface area (Å²) < 4.78 is 50.3. The molecule has 0 fully saturated rings. The maximum Gasteiger partial charge on any atom is 0.274 e. The second-order valence-electron chi connectivity index (χ2n) is 5.52. The van der Waals surface area contributed by atoms with Crippen LogP contribution < -0.4 is 14.8 Å². The molecule has 0 unspecified atom stereocenters. The minimum Gasteiger partial charge on any atom is -0.508 e. The number of nitrogens with one attached hydrogen (secondary N) is 1. The number of phenolic OH excluding ortho intramolecular Hbond substituents is 1. The summed E-state index contributed by atoms with van der Waals surface area (Å²) in [6.07, 6.45) is 0. The van der Waals surface area contributed by atoms with Crippen LogP contribution in [0.2, 0.25) is 0 Å². The molecule has 4 N–H and O–H groups in total. The van der Waals surface area contributed by atoms with Crippen molar-refractivity contribution in [2.24, 2.45) is 5.14 Å². The topological polar surface area (TPSA) is 130 Å². The summed E-state index contributed by atoms with van der Waals surface area (Å²) in [4.78, 5) is 0. The molecule has 25 heavy (non-hydrogen) atoms. The molecule has 0 spiro atoms. The van der Waals surface area contributed by atoms with E-state index in [1.165, 1.54) is 34.6 Å². The van der Waals surface area contributed by atoms with E-state index in [1.807, 2.05) is 6.92 Å². The summed E-state index contributed by atoms with van der Waals surface area (Å²) in [5.41, 5.74) is 0.794. The monoisotopic (exact) mass is 403 g/mol. The minimum absolute atomic E-state index is 0.0229. The van der Waals surface area contributed by atoms with Crippen LogP contribution in [-0.4, -0.2) is 35.0 Å². The molecule has 8 nitrogen and oxygen atoms in total. The van der Waals surface area contributed by atoms with Crippen molar-refractivity contribution in [1.29, 1.82) is 0 Å². The number of phenols is 1. The van der Waals surface area contributed by atoms with E-state index >= 15 is 0 Å². The van der Waals surface area contributed by atoms with E-state index in [-0.39, 0.29) is 26.8 Å². The van der Waals surface area contributed by atoms with Crippen molar-refractivity contribution < 1.29 is 21.9 Å². The molecule has 136 valence electrons. The van der Waals surface area contributed by atoms with Crippen molar-refractivity contribution >= 4 is 37.1 Å². The Morgan fingerprint density at radius 2 is 2.00 bits per heavy atom. The summed E-state index contributed by atoms with van der Waals surface area (Å²) in [6.45, 7) is 2.56. The second kappa shape index (κ2) is 6.25. The van der Waals surface area contributed by atoms with Gasteiger partial charge in [0.15, 0.2) is 0 Å². The highest BCUT2D eigenvalue weighted by Gasteiger charge is 2.40. The van der Waals surface area contributed by atoms with Gasteiger partial charge in [0.25, 0.3) is 10.0 Å². The molecule has 3 rings (SSSR count). The first-order chi connectivity index (χ1) is 11.6. The van der Waals surface area contributed by atoms with E-state index in [1.54, 1.807) is 0 Å². The first-order valence-corrected chi connectivity index (χ1v) is 11.2. The molecule has 0 aliphatic carbocycles. The molecule has 11 heteroatoms. The number of likely N-dealkylation sites (N-methyl/N-ethyl adjacent to an activating group) is 1. The average Bonchev–Trinajstić information content (AvgIpc) is 2.98. The number of benzene rings is 1. The molecule has 0 radical (unpaired) electrons. The van der Waals surface area contributed by atoms with Crippen LogP contribution in [0.15, 0.2) is 38.8 Å². The van der Waals surface area contributed by atoms with Gasteiger partial charge >= 0.3 is 0 Å². The number of rotatable bonds is 4. The van der Waals surface area contributed by atoms with E-state index in [2.05, 4.69) is 5.32 Å². The lowest BCUT2D eigenvalue weighted by molar-refractivity contribution is 0.475. The van der Waals surface area contributed by atoms with E-state index in [9.17, 15) is 21.9 Å². The van der Waals surface area contributed by atoms with Gasteiger partial charge in [-0.2, -0.15) is 0 Å². The van der Waals surface area contributed by atoms with Crippen molar-refractivity contribution in [2.75, 3.05) is 17.4 Å². The fourth-order valence-electron chi connectivity index (χ4n) is 2.70. The van der Waals surface area contributed by atoms with Crippen LogP contribution in [-0.2, 0) is 20.0 Å². The van der Waals surface area contributed by atoms with Crippen molar-refractivity contribution in [1.82, 2.24) is 5.32 Å². The van der Waals surface area contributed by atoms with Crippen LogP contribution >= 0.6 is 11.3 Å². The zero-order valence-corrected chi connectivity index (χ0v) is 15.7. The van der Waals surface area contributed by atoms with Gasteiger partial charge in [-0.25, -0.2) is 22.0 Å². The molecule has 2 heterocycles. The number of aromatic hydroxyl groups is 1. The molecular weight excluding hydrogens is 386 g/mol. The minimum atomic E-state index is -4.00. The summed E-state index contributed by atoms with van der Waals surface area (Å²) >= 11 is 0.648. The van der Waals surface area contributed by atoms with Gasteiger partial charge in [-0.15, -0.1) is 11.3 Å². The van der Waals surface area contributed by atoms with Crippen molar-refractivity contribution in [3.05, 3.63) is 35.9 Å². The van der Waals surface area contributed by atoms with Crippen LogP contribution in [0.1, 0.15) is 18.5 Å². The molecule has 0 amide bonds. The zero-order chi connectivity index (χ0) is 18.4. The lowest BCUT2D eigenvalue weighted by Gasteiger charge is -2.33. The van der Waals surface area contributed by atoms with E-state index in [0.29, 0.717) is 29.1 Å². The Labute approximate surface area is 150 Å². The molecule has 1 aliphatic heterocycles. The number of sulfonamides is 2. The molecule has 1 aromatic carbocycles. The summed E-state index contributed by atoms with van der Waals surface area (Å²) in [5.74, 6) is 0.0229. The molecule has 1 atom stereocenters. The number of thiophene rings is 1. The quantitative estimate of drug-likeness (QED) is 0.697. The lowest BCUT2D eigenvalue weighted by atomic mass is 10.1. The van der Waals surface area contributed by atoms with Crippen LogP contribution in [0.4, 0.5) is 5.69 Å². The van der Waals surface area contributed by atoms with E-state index in [4.69, 9.17) is 5.14 Å². The fraction of sp³-hybridized carbons (Fsp3) is 0.286. The van der Waals surface area contributed by atoms with E-state index in [0.717, 1.165) is 0 Å². The van der Waals surface area contributed by atoms with Crippen LogP contribution in [0.25, 0.3) is 0 Å². The van der Waals surface area contributed by atoms with Crippen molar-refractivity contribution in [3.8, 4) is 5.75 Å². The SMILES string of the molecule is CCN[C@H]1CN(c2ccc(O)cc2)S(=O)(=O)c2sc(S(N)(=O)=O)cc21. The van der Waals surface area contributed by atoms with Crippen LogP contribution in [0.3, 0.4) is 0 Å². The van der Waals surface area contributed by atoms with Gasteiger partial charge in [0, 0.05) is 5.56 Å². The van der Waals surface area contributed by atoms with Crippen LogP contribution in [0, 0.1) is 0 Å². The zero-order valence-electron chi connectivity index (χ0n) is 13.2. The number of fused-ring (bicyclic) bond motifs is 1. The summed E-state index contributed by atoms with van der Waals surface area (Å²) in [7, 11) is -7.93. The van der Waals surface area contributed by atoms with E-state index < -0.39 is 20.0 Å². The molecular formula is C14H17N3O5S3. The Morgan fingerprint density at radius 1 is 1.36 bits per heavy atom. The second-order valence-corrected chi connectivity index (χ2v) is 10.4. The maximum absolute atomic E-state index is 13.0. The number of nitrogens with zero attached hydrogens (tertiary/aromatic N) is 1. The highest BCUT2D eigenvalue weighted by molar-refractivity contribution is 7.96. The highest BCUT2D eigenvalue weighted by atomic mass is 32.3. The van der Waals surface area contributed by atoms with Gasteiger partial charge in [0.1, 0.15) is 14.2 Å². The Hall–Kier alpha value is -1.66. The number of anilines is 1. The normalized spacial score (nSPS) is 19.6. The Morgan fingerprint density at radius 3 is 2.56 bits per heavy atom. The third-order valence-corrected chi connectivity index (χ3v) is 8.71. The molecule has 0 saturated heterocycles. The number of primary sulfonamides is 1. The van der Waals surface area contributed by atoms with Gasteiger partial charge in [-0.05, 0) is 36.9 Å². The summed E-state index contributed by atoms with van der Waals surface area (Å²) in [5, 5.41) is 17.7. The standard InChI is InChI=1S/C14H17N3O5S3/c1-2-16-12-8-17(9-3-5-10(18)6-4-9)25(21,22)14-11(12)7-13(23-14)24(15,19)20/h3-7,12,16,18H,2,8H2,1H3,(H2,15,19,20)/t12-/m0/s1. The molecule has 1 aliphatic rings. The number of nitrogens with two attached hydrogens (primary N) is 1. The Balaban J connectivity index is 2.17. The third-order valence-electron chi connectivity index (χ3n) is 3.82. The molecule has 2 aromatic rings. The van der Waals surface area contributed by atoms with Crippen molar-refractivity contribution in [3.63, 3.8) is 0 Å². The smallest absolute Gasteiger partial charge is 0.274 e. The molecule has 1 aromatic heterocycles. The summed E-state index contributed by atoms with van der Waals surface area (Å²) in [6, 6.07) is 6.74. The number of hydrogen-bond acceptors (Lipinski definition) is 7. The van der Waals surface area contributed by atoms with Crippen molar-refractivity contribution in [2.45, 2.75) is 21.4 Å². The average molecular weight is 404 g/mol. The first-order valence-electron chi connectivity index (χ1n) is 7.36. The molecule has 0 bridgehead atoms.